The van der Waals surface area contributed by atoms with Crippen molar-refractivity contribution in [2.45, 2.75) is 44.8 Å². The SMILES string of the molecule is COc1cc(C(F)(F)F)ccc1C(O)C(O)CNC(=O)OC(C)(C)C. The standard InChI is InChI=1S/C16H22F3NO5/c1-15(2,3)25-14(23)20-8-11(21)13(22)10-6-5-9(16(17,18)19)7-12(10)24-4/h5-7,11,13,21-22H,8H2,1-4H3,(H,20,23). The van der Waals surface area contributed by atoms with Crippen molar-refractivity contribution in [2.75, 3.05) is 13.7 Å². The third kappa shape index (κ3) is 6.43. The number of nitrogens with one attached hydrogen (secondary N) is 1. The smallest absolute Gasteiger partial charge is 0.416 e. The summed E-state index contributed by atoms with van der Waals surface area (Å²) in [5.74, 6) is -0.223. The van der Waals surface area contributed by atoms with E-state index in [0.717, 1.165) is 25.3 Å². The molecule has 2 atom stereocenters. The normalized spacial score (nSPS) is 14.6. The van der Waals surface area contributed by atoms with Crippen LogP contribution in [0.15, 0.2) is 18.2 Å². The molecule has 0 aliphatic rings. The molecule has 0 heterocycles. The van der Waals surface area contributed by atoms with Crippen molar-refractivity contribution in [2.24, 2.45) is 0 Å². The first-order valence-electron chi connectivity index (χ1n) is 7.43. The second-order valence-electron chi connectivity index (χ2n) is 6.35. The molecule has 3 N–H and O–H groups in total. The zero-order chi connectivity index (χ0) is 19.4. The van der Waals surface area contributed by atoms with Crippen LogP contribution in [0.5, 0.6) is 5.75 Å². The van der Waals surface area contributed by atoms with Crippen LogP contribution in [-0.2, 0) is 10.9 Å². The molecule has 0 saturated carbocycles. The van der Waals surface area contributed by atoms with Gasteiger partial charge in [-0.2, -0.15) is 13.2 Å². The lowest BCUT2D eigenvalue weighted by Gasteiger charge is -2.23. The predicted molar refractivity (Wildman–Crippen MR) is 83.2 cm³/mol. The fourth-order valence-corrected chi connectivity index (χ4v) is 1.95. The Kier molecular flexibility index (Phi) is 6.67. The van der Waals surface area contributed by atoms with Gasteiger partial charge in [0.25, 0.3) is 0 Å². The number of methoxy groups -OCH3 is 1. The number of ether oxygens (including phenoxy) is 2. The van der Waals surface area contributed by atoms with Gasteiger partial charge in [-0.05, 0) is 32.9 Å². The van der Waals surface area contributed by atoms with Gasteiger partial charge in [-0.1, -0.05) is 6.07 Å². The van der Waals surface area contributed by atoms with Crippen LogP contribution in [0.25, 0.3) is 0 Å². The Hall–Kier alpha value is -2.00. The van der Waals surface area contributed by atoms with Crippen LogP contribution in [0.2, 0.25) is 0 Å². The summed E-state index contributed by atoms with van der Waals surface area (Å²) in [5.41, 5.74) is -1.71. The van der Waals surface area contributed by atoms with E-state index in [2.05, 4.69) is 5.32 Å². The summed E-state index contributed by atoms with van der Waals surface area (Å²) in [6.45, 7) is 4.61. The number of rotatable bonds is 5. The number of benzene rings is 1. The van der Waals surface area contributed by atoms with Crippen molar-refractivity contribution in [1.29, 1.82) is 0 Å². The average Bonchev–Trinajstić information content (AvgIpc) is 2.48. The van der Waals surface area contributed by atoms with Gasteiger partial charge in [-0.25, -0.2) is 4.79 Å². The highest BCUT2D eigenvalue weighted by Crippen LogP contribution is 2.35. The van der Waals surface area contributed by atoms with E-state index < -0.39 is 35.6 Å². The summed E-state index contributed by atoms with van der Waals surface area (Å²) < 4.78 is 48.0. The average molecular weight is 365 g/mol. The van der Waals surface area contributed by atoms with Crippen LogP contribution in [0.1, 0.15) is 38.0 Å². The molecule has 0 aromatic heterocycles. The van der Waals surface area contributed by atoms with Gasteiger partial charge < -0.3 is 25.0 Å². The molecule has 25 heavy (non-hydrogen) atoms. The van der Waals surface area contributed by atoms with Crippen molar-refractivity contribution in [1.82, 2.24) is 5.32 Å². The molecule has 1 amide bonds. The van der Waals surface area contributed by atoms with Crippen LogP contribution >= 0.6 is 0 Å². The topological polar surface area (TPSA) is 88.0 Å². The van der Waals surface area contributed by atoms with E-state index in [9.17, 15) is 28.2 Å². The summed E-state index contributed by atoms with van der Waals surface area (Å²) in [7, 11) is 1.15. The van der Waals surface area contributed by atoms with Gasteiger partial charge in [0.1, 0.15) is 23.6 Å². The maximum Gasteiger partial charge on any atom is 0.416 e. The molecule has 9 heteroatoms. The summed E-state index contributed by atoms with van der Waals surface area (Å²) >= 11 is 0. The lowest BCUT2D eigenvalue weighted by atomic mass is 10.0. The minimum absolute atomic E-state index is 0.0333. The van der Waals surface area contributed by atoms with Gasteiger partial charge in [0.15, 0.2) is 0 Å². The molecule has 0 saturated heterocycles. The maximum atomic E-state index is 12.7. The largest absolute Gasteiger partial charge is 0.496 e. The van der Waals surface area contributed by atoms with E-state index in [1.54, 1.807) is 20.8 Å². The number of aliphatic hydroxyl groups excluding tert-OH is 2. The molecule has 0 aliphatic heterocycles. The minimum atomic E-state index is -4.56. The van der Waals surface area contributed by atoms with Crippen LogP contribution in [0.3, 0.4) is 0 Å². The molecule has 0 aliphatic carbocycles. The zero-order valence-electron chi connectivity index (χ0n) is 14.3. The fraction of sp³-hybridized carbons (Fsp3) is 0.562. The number of carbonyl (C=O) groups excluding carboxylic acids is 1. The number of hydrogen-bond donors (Lipinski definition) is 3. The third-order valence-electron chi connectivity index (χ3n) is 3.10. The van der Waals surface area contributed by atoms with Gasteiger partial charge in [-0.3, -0.25) is 0 Å². The maximum absolute atomic E-state index is 12.7. The lowest BCUT2D eigenvalue weighted by molar-refractivity contribution is -0.137. The molecule has 2 unspecified atom stereocenters. The van der Waals surface area contributed by atoms with Crippen molar-refractivity contribution in [3.8, 4) is 5.75 Å². The number of carbonyl (C=O) groups is 1. The summed E-state index contributed by atoms with van der Waals surface area (Å²) in [6, 6.07) is 2.52. The first-order chi connectivity index (χ1) is 11.3. The molecule has 1 aromatic carbocycles. The van der Waals surface area contributed by atoms with Crippen LogP contribution < -0.4 is 10.1 Å². The molecule has 1 rings (SSSR count). The fourth-order valence-electron chi connectivity index (χ4n) is 1.95. The molecular formula is C16H22F3NO5. The van der Waals surface area contributed by atoms with E-state index in [0.29, 0.717) is 0 Å². The van der Waals surface area contributed by atoms with E-state index in [1.807, 2.05) is 0 Å². The molecular weight excluding hydrogens is 343 g/mol. The minimum Gasteiger partial charge on any atom is -0.496 e. The molecule has 0 spiro atoms. The summed E-state index contributed by atoms with van der Waals surface area (Å²) in [4.78, 5) is 11.5. The van der Waals surface area contributed by atoms with Gasteiger partial charge in [0.05, 0.1) is 12.7 Å². The summed E-state index contributed by atoms with van der Waals surface area (Å²) in [6.07, 6.45) is -8.39. The molecule has 142 valence electrons. The second-order valence-corrected chi connectivity index (χ2v) is 6.35. The van der Waals surface area contributed by atoms with Crippen molar-refractivity contribution in [3.05, 3.63) is 29.3 Å². The van der Waals surface area contributed by atoms with Crippen LogP contribution in [-0.4, -0.2) is 41.7 Å². The predicted octanol–water partition coefficient (Wildman–Crippen LogP) is 2.63. The van der Waals surface area contributed by atoms with Crippen LogP contribution in [0, 0.1) is 0 Å². The van der Waals surface area contributed by atoms with E-state index >= 15 is 0 Å². The first kappa shape index (κ1) is 21.0. The highest BCUT2D eigenvalue weighted by Gasteiger charge is 2.32. The Labute approximate surface area is 143 Å². The Bertz CT molecular complexity index is 598. The van der Waals surface area contributed by atoms with E-state index in [4.69, 9.17) is 9.47 Å². The highest BCUT2D eigenvalue weighted by atomic mass is 19.4. The molecule has 0 radical (unpaired) electrons. The van der Waals surface area contributed by atoms with Crippen molar-refractivity contribution < 1.29 is 37.7 Å². The van der Waals surface area contributed by atoms with Gasteiger partial charge >= 0.3 is 12.3 Å². The van der Waals surface area contributed by atoms with Gasteiger partial charge in [0, 0.05) is 12.1 Å². The highest BCUT2D eigenvalue weighted by molar-refractivity contribution is 5.67. The van der Waals surface area contributed by atoms with Crippen molar-refractivity contribution >= 4 is 6.09 Å². The summed E-state index contributed by atoms with van der Waals surface area (Å²) in [5, 5.41) is 22.4. The zero-order valence-corrected chi connectivity index (χ0v) is 14.3. The Balaban J connectivity index is 2.81. The Morgan fingerprint density at radius 3 is 2.32 bits per heavy atom. The molecule has 6 nitrogen and oxygen atoms in total. The number of aliphatic hydroxyl groups is 2. The van der Waals surface area contributed by atoms with Crippen LogP contribution in [0.4, 0.5) is 18.0 Å². The Morgan fingerprint density at radius 1 is 1.24 bits per heavy atom. The van der Waals surface area contributed by atoms with E-state index in [1.165, 1.54) is 0 Å². The Morgan fingerprint density at radius 2 is 1.84 bits per heavy atom. The first-order valence-corrected chi connectivity index (χ1v) is 7.43. The van der Waals surface area contributed by atoms with Crippen molar-refractivity contribution in [3.63, 3.8) is 0 Å². The third-order valence-corrected chi connectivity index (χ3v) is 3.10. The lowest BCUT2D eigenvalue weighted by Crippen LogP contribution is -2.38. The monoisotopic (exact) mass is 365 g/mol. The number of halogens is 3. The number of amides is 1. The van der Waals surface area contributed by atoms with Gasteiger partial charge in [-0.15, -0.1) is 0 Å². The molecule has 0 bridgehead atoms. The number of alkyl carbamates (subject to hydrolysis) is 1. The van der Waals surface area contributed by atoms with E-state index in [-0.39, 0.29) is 17.9 Å². The number of alkyl halides is 3. The van der Waals surface area contributed by atoms with Gasteiger partial charge in [0.2, 0.25) is 0 Å². The molecule has 0 fully saturated rings. The quantitative estimate of drug-likeness (QED) is 0.747. The number of hydrogen-bond acceptors (Lipinski definition) is 5. The molecule has 1 aromatic rings. The second kappa shape index (κ2) is 7.92.